The van der Waals surface area contributed by atoms with E-state index in [1.807, 2.05) is 18.2 Å². The van der Waals surface area contributed by atoms with Crippen molar-refractivity contribution in [2.45, 2.75) is 13.5 Å². The van der Waals surface area contributed by atoms with Crippen LogP contribution in [-0.4, -0.2) is 25.6 Å². The van der Waals surface area contributed by atoms with E-state index in [1.54, 1.807) is 61.8 Å². The van der Waals surface area contributed by atoms with Crippen molar-refractivity contribution in [2.75, 3.05) is 5.32 Å². The number of para-hydroxylation sites is 1. The summed E-state index contributed by atoms with van der Waals surface area (Å²) in [6.45, 7) is 1.27. The van der Waals surface area contributed by atoms with E-state index in [9.17, 15) is 14.9 Å². The minimum absolute atomic E-state index is 0.108. The fourth-order valence-electron chi connectivity index (χ4n) is 3.05. The Bertz CT molecular complexity index is 1270. The molecule has 2 heterocycles. The molecule has 172 valence electrons. The van der Waals surface area contributed by atoms with E-state index >= 15 is 0 Å². The lowest BCUT2D eigenvalue weighted by atomic mass is 10.2. The van der Waals surface area contributed by atoms with Crippen molar-refractivity contribution in [2.24, 2.45) is 0 Å². The summed E-state index contributed by atoms with van der Waals surface area (Å²) >= 11 is 5.95. The van der Waals surface area contributed by atoms with Gasteiger partial charge in [0.15, 0.2) is 5.02 Å². The standard InChI is InChI=1S/C23H18ClN5O5/c1-15-22(24)23(29(31)32)27-28(15)14-21(30)26-16-10-19(33-17-6-3-2-4-7-17)12-20(11-16)34-18-8-5-9-25-13-18/h2-13H,14H2,1H3,(H,26,30). The smallest absolute Gasteiger partial charge is 0.408 e. The second-order valence-corrected chi connectivity index (χ2v) is 7.46. The van der Waals surface area contributed by atoms with E-state index in [1.165, 1.54) is 4.68 Å². The number of carbonyl (C=O) groups is 1. The van der Waals surface area contributed by atoms with Gasteiger partial charge in [0.05, 0.1) is 17.0 Å². The number of rotatable bonds is 8. The molecule has 0 unspecified atom stereocenters. The number of hydrogen-bond donors (Lipinski definition) is 1. The van der Waals surface area contributed by atoms with Gasteiger partial charge in [0.25, 0.3) is 0 Å². The van der Waals surface area contributed by atoms with Gasteiger partial charge in [0.1, 0.15) is 29.5 Å². The number of halogens is 1. The summed E-state index contributed by atoms with van der Waals surface area (Å²) in [6, 6.07) is 17.5. The molecule has 0 spiro atoms. The maximum Gasteiger partial charge on any atom is 0.408 e. The number of hydrogen-bond acceptors (Lipinski definition) is 7. The second-order valence-electron chi connectivity index (χ2n) is 7.08. The third-order valence-corrected chi connectivity index (χ3v) is 5.04. The lowest BCUT2D eigenvalue weighted by molar-refractivity contribution is -0.389. The number of anilines is 1. The Kier molecular flexibility index (Phi) is 6.69. The minimum Gasteiger partial charge on any atom is -0.457 e. The van der Waals surface area contributed by atoms with E-state index in [2.05, 4.69) is 15.4 Å². The van der Waals surface area contributed by atoms with Crippen LogP contribution in [0.15, 0.2) is 73.1 Å². The summed E-state index contributed by atoms with van der Waals surface area (Å²) < 4.78 is 12.9. The van der Waals surface area contributed by atoms with Crippen LogP contribution in [0, 0.1) is 17.0 Å². The average Bonchev–Trinajstić information content (AvgIpc) is 3.09. The Hall–Kier alpha value is -4.44. The fourth-order valence-corrected chi connectivity index (χ4v) is 3.25. The number of benzene rings is 2. The van der Waals surface area contributed by atoms with Crippen LogP contribution in [0.3, 0.4) is 0 Å². The molecule has 2 aromatic heterocycles. The van der Waals surface area contributed by atoms with E-state index in [0.29, 0.717) is 34.4 Å². The molecule has 0 aliphatic rings. The molecular formula is C23H18ClN5O5. The molecule has 34 heavy (non-hydrogen) atoms. The van der Waals surface area contributed by atoms with Crippen LogP contribution >= 0.6 is 11.6 Å². The first-order valence-electron chi connectivity index (χ1n) is 10.0. The molecule has 10 nitrogen and oxygen atoms in total. The van der Waals surface area contributed by atoms with Crippen molar-refractivity contribution in [3.8, 4) is 23.0 Å². The normalized spacial score (nSPS) is 10.5. The number of aromatic nitrogens is 3. The van der Waals surface area contributed by atoms with Crippen LogP contribution < -0.4 is 14.8 Å². The fraction of sp³-hybridized carbons (Fsp3) is 0.0870. The van der Waals surface area contributed by atoms with Crippen LogP contribution in [0.1, 0.15) is 5.69 Å². The van der Waals surface area contributed by atoms with Gasteiger partial charge in [-0.15, -0.1) is 0 Å². The third-order valence-electron chi connectivity index (χ3n) is 4.60. The van der Waals surface area contributed by atoms with E-state index in [-0.39, 0.29) is 11.6 Å². The zero-order valence-electron chi connectivity index (χ0n) is 17.8. The molecular weight excluding hydrogens is 462 g/mol. The van der Waals surface area contributed by atoms with Gasteiger partial charge in [-0.05, 0) is 36.1 Å². The van der Waals surface area contributed by atoms with Gasteiger partial charge in [-0.25, -0.2) is 0 Å². The van der Waals surface area contributed by atoms with Crippen molar-refractivity contribution >= 4 is 29.0 Å². The van der Waals surface area contributed by atoms with Gasteiger partial charge in [0, 0.05) is 30.1 Å². The Morgan fingerprint density at radius 2 is 1.74 bits per heavy atom. The highest BCUT2D eigenvalue weighted by Gasteiger charge is 2.25. The Labute approximate surface area is 198 Å². The van der Waals surface area contributed by atoms with E-state index in [4.69, 9.17) is 21.1 Å². The molecule has 0 aliphatic carbocycles. The van der Waals surface area contributed by atoms with Gasteiger partial charge in [-0.2, -0.15) is 4.68 Å². The summed E-state index contributed by atoms with van der Waals surface area (Å²) in [5, 5.41) is 17.5. The number of carbonyl (C=O) groups excluding carboxylic acids is 1. The average molecular weight is 480 g/mol. The molecule has 1 N–H and O–H groups in total. The predicted molar refractivity (Wildman–Crippen MR) is 125 cm³/mol. The molecule has 11 heteroatoms. The number of pyridine rings is 1. The Morgan fingerprint density at radius 3 is 2.35 bits per heavy atom. The molecule has 2 aromatic carbocycles. The monoisotopic (exact) mass is 479 g/mol. The van der Waals surface area contributed by atoms with Gasteiger partial charge in [-0.3, -0.25) is 9.78 Å². The molecule has 0 saturated heterocycles. The predicted octanol–water partition coefficient (Wildman–Crippen LogP) is 5.37. The summed E-state index contributed by atoms with van der Waals surface area (Å²) in [5.41, 5.74) is 0.702. The highest BCUT2D eigenvalue weighted by Crippen LogP contribution is 2.32. The number of nitro groups is 1. The molecule has 0 saturated carbocycles. The van der Waals surface area contributed by atoms with Gasteiger partial charge < -0.3 is 24.9 Å². The number of nitrogens with one attached hydrogen (secondary N) is 1. The lowest BCUT2D eigenvalue weighted by Crippen LogP contribution is -2.20. The highest BCUT2D eigenvalue weighted by molar-refractivity contribution is 6.33. The highest BCUT2D eigenvalue weighted by atomic mass is 35.5. The van der Waals surface area contributed by atoms with Crippen LogP contribution in [0.5, 0.6) is 23.0 Å². The first-order valence-corrected chi connectivity index (χ1v) is 10.4. The van der Waals surface area contributed by atoms with Gasteiger partial charge in [-0.1, -0.05) is 29.8 Å². The van der Waals surface area contributed by atoms with Crippen LogP contribution in [0.25, 0.3) is 0 Å². The second kappa shape index (κ2) is 10.0. The third kappa shape index (κ3) is 5.48. The van der Waals surface area contributed by atoms with Gasteiger partial charge in [0.2, 0.25) is 5.91 Å². The quantitative estimate of drug-likeness (QED) is 0.266. The topological polar surface area (TPSA) is 121 Å². The minimum atomic E-state index is -0.698. The first kappa shape index (κ1) is 22.7. The summed E-state index contributed by atoms with van der Waals surface area (Å²) in [4.78, 5) is 27.1. The van der Waals surface area contributed by atoms with E-state index < -0.39 is 16.6 Å². The zero-order chi connectivity index (χ0) is 24.1. The number of ether oxygens (including phenoxy) is 2. The maximum atomic E-state index is 12.7. The summed E-state index contributed by atoms with van der Waals surface area (Å²) in [6.07, 6.45) is 3.18. The zero-order valence-corrected chi connectivity index (χ0v) is 18.6. The summed E-state index contributed by atoms with van der Waals surface area (Å²) in [5.74, 6) is 0.972. The SMILES string of the molecule is Cc1c(Cl)c([N+](=O)[O-])nn1CC(=O)Nc1cc(Oc2ccccc2)cc(Oc2cccnc2)c1. The van der Waals surface area contributed by atoms with Crippen molar-refractivity contribution in [3.63, 3.8) is 0 Å². The first-order chi connectivity index (χ1) is 16.4. The van der Waals surface area contributed by atoms with Crippen LogP contribution in [0.4, 0.5) is 11.5 Å². The molecule has 4 aromatic rings. The lowest BCUT2D eigenvalue weighted by Gasteiger charge is -2.13. The maximum absolute atomic E-state index is 12.7. The Balaban J connectivity index is 1.57. The van der Waals surface area contributed by atoms with Crippen molar-refractivity contribution in [1.82, 2.24) is 14.8 Å². The van der Waals surface area contributed by atoms with E-state index in [0.717, 1.165) is 0 Å². The van der Waals surface area contributed by atoms with Crippen LogP contribution in [0.2, 0.25) is 5.02 Å². The summed E-state index contributed by atoms with van der Waals surface area (Å²) in [7, 11) is 0. The van der Waals surface area contributed by atoms with Gasteiger partial charge >= 0.3 is 5.82 Å². The molecule has 0 fully saturated rings. The van der Waals surface area contributed by atoms with Crippen molar-refractivity contribution in [1.29, 1.82) is 0 Å². The largest absolute Gasteiger partial charge is 0.457 e. The Morgan fingerprint density at radius 1 is 1.06 bits per heavy atom. The molecule has 4 rings (SSSR count). The molecule has 0 atom stereocenters. The van der Waals surface area contributed by atoms with Crippen molar-refractivity contribution < 1.29 is 19.2 Å². The molecule has 0 radical (unpaired) electrons. The number of amides is 1. The molecule has 0 aliphatic heterocycles. The molecule has 0 bridgehead atoms. The molecule has 1 amide bonds. The number of nitrogens with zero attached hydrogens (tertiary/aromatic N) is 4. The van der Waals surface area contributed by atoms with Crippen LogP contribution in [-0.2, 0) is 11.3 Å². The van der Waals surface area contributed by atoms with Crippen molar-refractivity contribution in [3.05, 3.63) is 93.9 Å².